The molecule has 0 saturated heterocycles. The van der Waals surface area contributed by atoms with E-state index in [2.05, 4.69) is 43.9 Å². The molecule has 0 heterocycles. The van der Waals surface area contributed by atoms with Crippen LogP contribution in [0.15, 0.2) is 18.2 Å². The van der Waals surface area contributed by atoms with Gasteiger partial charge in [0.15, 0.2) is 0 Å². The molecule has 0 spiro atoms. The van der Waals surface area contributed by atoms with Crippen molar-refractivity contribution in [2.45, 2.75) is 59.7 Å². The number of hydrogen-bond donors (Lipinski definition) is 1. The van der Waals surface area contributed by atoms with Crippen LogP contribution in [-0.4, -0.2) is 24.1 Å². The van der Waals surface area contributed by atoms with Crippen molar-refractivity contribution < 1.29 is 4.74 Å². The van der Waals surface area contributed by atoms with Gasteiger partial charge >= 0.3 is 0 Å². The first-order valence-corrected chi connectivity index (χ1v) is 7.74. The largest absolute Gasteiger partial charge is 0.494 e. The van der Waals surface area contributed by atoms with E-state index in [1.807, 2.05) is 13.8 Å². The smallest absolute Gasteiger partial charge is 0.123 e. The molecule has 1 aromatic rings. The summed E-state index contributed by atoms with van der Waals surface area (Å²) < 4.78 is 5.76. The third-order valence-corrected chi connectivity index (χ3v) is 3.52. The van der Waals surface area contributed by atoms with Gasteiger partial charge in [0.25, 0.3) is 0 Å². The molecule has 2 N–H and O–H groups in total. The molecule has 0 bridgehead atoms. The molecule has 0 radical (unpaired) electrons. The van der Waals surface area contributed by atoms with Crippen LogP contribution < -0.4 is 10.5 Å². The fourth-order valence-corrected chi connectivity index (χ4v) is 2.33. The fourth-order valence-electron chi connectivity index (χ4n) is 2.33. The average Bonchev–Trinajstić information content (AvgIpc) is 2.39. The Morgan fingerprint density at radius 3 is 2.40 bits per heavy atom. The Morgan fingerprint density at radius 2 is 1.90 bits per heavy atom. The minimum atomic E-state index is 0.0584. The molecular weight excluding hydrogens is 248 g/mol. The van der Waals surface area contributed by atoms with Gasteiger partial charge in [-0.05, 0) is 58.4 Å². The highest BCUT2D eigenvalue weighted by atomic mass is 16.5. The molecule has 20 heavy (non-hydrogen) atoms. The molecule has 0 aliphatic rings. The molecule has 0 amide bonds. The van der Waals surface area contributed by atoms with Gasteiger partial charge in [-0.15, -0.1) is 0 Å². The SMILES string of the molecule is CCCN(Cc1cc(C(C)N)ccc1OCC)C(C)C. The molecule has 0 aliphatic carbocycles. The summed E-state index contributed by atoms with van der Waals surface area (Å²) in [5, 5.41) is 0. The minimum Gasteiger partial charge on any atom is -0.494 e. The summed E-state index contributed by atoms with van der Waals surface area (Å²) in [7, 11) is 0. The van der Waals surface area contributed by atoms with Crippen molar-refractivity contribution in [3.05, 3.63) is 29.3 Å². The Morgan fingerprint density at radius 1 is 1.20 bits per heavy atom. The van der Waals surface area contributed by atoms with Crippen LogP contribution in [0.2, 0.25) is 0 Å². The first kappa shape index (κ1) is 17.0. The van der Waals surface area contributed by atoms with Gasteiger partial charge in [0.1, 0.15) is 5.75 Å². The topological polar surface area (TPSA) is 38.5 Å². The van der Waals surface area contributed by atoms with Crippen LogP contribution in [0.3, 0.4) is 0 Å². The minimum absolute atomic E-state index is 0.0584. The summed E-state index contributed by atoms with van der Waals surface area (Å²) >= 11 is 0. The van der Waals surface area contributed by atoms with E-state index in [0.717, 1.165) is 25.3 Å². The van der Waals surface area contributed by atoms with Crippen molar-refractivity contribution >= 4 is 0 Å². The van der Waals surface area contributed by atoms with E-state index in [1.165, 1.54) is 11.1 Å². The highest BCUT2D eigenvalue weighted by Crippen LogP contribution is 2.25. The van der Waals surface area contributed by atoms with E-state index in [4.69, 9.17) is 10.5 Å². The molecule has 3 nitrogen and oxygen atoms in total. The van der Waals surface area contributed by atoms with E-state index < -0.39 is 0 Å². The van der Waals surface area contributed by atoms with Gasteiger partial charge in [-0.1, -0.05) is 13.0 Å². The van der Waals surface area contributed by atoms with Crippen LogP contribution in [0.25, 0.3) is 0 Å². The van der Waals surface area contributed by atoms with E-state index in [9.17, 15) is 0 Å². The normalized spacial score (nSPS) is 13.0. The predicted molar refractivity (Wildman–Crippen MR) is 86.1 cm³/mol. The van der Waals surface area contributed by atoms with Crippen LogP contribution in [0.5, 0.6) is 5.75 Å². The monoisotopic (exact) mass is 278 g/mol. The number of ether oxygens (including phenoxy) is 1. The van der Waals surface area contributed by atoms with E-state index in [0.29, 0.717) is 12.6 Å². The third-order valence-electron chi connectivity index (χ3n) is 3.52. The van der Waals surface area contributed by atoms with Gasteiger partial charge in [0, 0.05) is 24.2 Å². The van der Waals surface area contributed by atoms with Gasteiger partial charge < -0.3 is 10.5 Å². The lowest BCUT2D eigenvalue weighted by molar-refractivity contribution is 0.209. The highest BCUT2D eigenvalue weighted by Gasteiger charge is 2.14. The summed E-state index contributed by atoms with van der Waals surface area (Å²) in [6.45, 7) is 13.5. The Labute approximate surface area is 124 Å². The second kappa shape index (κ2) is 8.28. The van der Waals surface area contributed by atoms with Crippen LogP contribution >= 0.6 is 0 Å². The maximum Gasteiger partial charge on any atom is 0.123 e. The second-order valence-electron chi connectivity index (χ2n) is 5.65. The van der Waals surface area contributed by atoms with Crippen molar-refractivity contribution in [3.8, 4) is 5.75 Å². The Balaban J connectivity index is 3.01. The summed E-state index contributed by atoms with van der Waals surface area (Å²) in [6.07, 6.45) is 1.16. The number of benzene rings is 1. The Hall–Kier alpha value is -1.06. The summed E-state index contributed by atoms with van der Waals surface area (Å²) in [5.74, 6) is 0.985. The van der Waals surface area contributed by atoms with E-state index in [1.54, 1.807) is 0 Å². The standard InChI is InChI=1S/C17H30N2O/c1-6-10-19(13(3)4)12-16-11-15(14(5)18)8-9-17(16)20-7-2/h8-9,11,13-14H,6-7,10,12,18H2,1-5H3. The summed E-state index contributed by atoms with van der Waals surface area (Å²) in [5.41, 5.74) is 8.41. The van der Waals surface area contributed by atoms with Crippen molar-refractivity contribution in [3.63, 3.8) is 0 Å². The zero-order chi connectivity index (χ0) is 15.1. The number of nitrogens with two attached hydrogens (primary N) is 1. The summed E-state index contributed by atoms with van der Waals surface area (Å²) in [6, 6.07) is 6.91. The van der Waals surface area contributed by atoms with Gasteiger partial charge in [-0.2, -0.15) is 0 Å². The number of hydrogen-bond acceptors (Lipinski definition) is 3. The molecule has 1 atom stereocenters. The molecule has 114 valence electrons. The van der Waals surface area contributed by atoms with Crippen molar-refractivity contribution in [2.24, 2.45) is 5.73 Å². The summed E-state index contributed by atoms with van der Waals surface area (Å²) in [4.78, 5) is 2.48. The lowest BCUT2D eigenvalue weighted by Crippen LogP contribution is -2.31. The molecule has 0 saturated carbocycles. The Kier molecular flexibility index (Phi) is 7.03. The van der Waals surface area contributed by atoms with Crippen LogP contribution in [0, 0.1) is 0 Å². The molecule has 3 heteroatoms. The second-order valence-corrected chi connectivity index (χ2v) is 5.65. The quantitative estimate of drug-likeness (QED) is 0.787. The Bertz CT molecular complexity index is 402. The highest BCUT2D eigenvalue weighted by molar-refractivity contribution is 5.38. The maximum atomic E-state index is 6.00. The third kappa shape index (κ3) is 4.80. The fraction of sp³-hybridized carbons (Fsp3) is 0.647. The predicted octanol–water partition coefficient (Wildman–Crippen LogP) is 3.73. The number of rotatable bonds is 8. The average molecular weight is 278 g/mol. The van der Waals surface area contributed by atoms with Crippen molar-refractivity contribution in [2.75, 3.05) is 13.2 Å². The maximum absolute atomic E-state index is 6.00. The van der Waals surface area contributed by atoms with Gasteiger partial charge in [-0.3, -0.25) is 4.90 Å². The van der Waals surface area contributed by atoms with Gasteiger partial charge in [-0.25, -0.2) is 0 Å². The molecule has 0 aromatic heterocycles. The number of nitrogens with zero attached hydrogens (tertiary/aromatic N) is 1. The molecule has 1 aromatic carbocycles. The van der Waals surface area contributed by atoms with Crippen molar-refractivity contribution in [1.29, 1.82) is 0 Å². The first-order chi connectivity index (χ1) is 9.49. The molecular formula is C17H30N2O. The molecule has 0 fully saturated rings. The van der Waals surface area contributed by atoms with Gasteiger partial charge in [0.05, 0.1) is 6.61 Å². The molecule has 1 rings (SSSR count). The lowest BCUT2D eigenvalue weighted by atomic mass is 10.0. The van der Waals surface area contributed by atoms with E-state index in [-0.39, 0.29) is 6.04 Å². The van der Waals surface area contributed by atoms with Gasteiger partial charge in [0.2, 0.25) is 0 Å². The van der Waals surface area contributed by atoms with Crippen molar-refractivity contribution in [1.82, 2.24) is 4.90 Å². The van der Waals surface area contributed by atoms with E-state index >= 15 is 0 Å². The molecule has 0 aliphatic heterocycles. The molecule has 1 unspecified atom stereocenters. The zero-order valence-electron chi connectivity index (χ0n) is 13.6. The lowest BCUT2D eigenvalue weighted by Gasteiger charge is -2.27. The van der Waals surface area contributed by atoms with Crippen LogP contribution in [0.1, 0.15) is 58.2 Å². The first-order valence-electron chi connectivity index (χ1n) is 7.74. The van der Waals surface area contributed by atoms with Crippen LogP contribution in [-0.2, 0) is 6.54 Å². The van der Waals surface area contributed by atoms with Crippen LogP contribution in [0.4, 0.5) is 0 Å². The zero-order valence-corrected chi connectivity index (χ0v) is 13.6.